The first-order valence-corrected chi connectivity index (χ1v) is 6.03. The van der Waals surface area contributed by atoms with Gasteiger partial charge >= 0.3 is 5.97 Å². The van der Waals surface area contributed by atoms with Gasteiger partial charge in [0.05, 0.1) is 7.11 Å². The highest BCUT2D eigenvalue weighted by Crippen LogP contribution is 2.31. The molecule has 0 aliphatic carbocycles. The third kappa shape index (κ3) is 3.01. The van der Waals surface area contributed by atoms with Crippen LogP contribution >= 0.6 is 0 Å². The number of carbonyl (C=O) groups is 1. The molecule has 100 valence electrons. The van der Waals surface area contributed by atoms with Crippen LogP contribution in [0.2, 0.25) is 0 Å². The fraction of sp³-hybridized carbons (Fsp3) is 0.500. The lowest BCUT2D eigenvalue weighted by atomic mass is 9.90. The second-order valence-electron chi connectivity index (χ2n) is 4.79. The van der Waals surface area contributed by atoms with Crippen LogP contribution in [0.1, 0.15) is 36.5 Å². The number of carboxylic acids is 1. The summed E-state index contributed by atoms with van der Waals surface area (Å²) in [6.45, 7) is 6.08. The van der Waals surface area contributed by atoms with E-state index in [1.165, 1.54) is 0 Å². The molecule has 0 bridgehead atoms. The summed E-state index contributed by atoms with van der Waals surface area (Å²) in [4.78, 5) is 10.9. The predicted octanol–water partition coefficient (Wildman–Crippen LogP) is 2.08. The maximum Gasteiger partial charge on any atom is 0.320 e. The SMILES string of the molecule is COc1c(C)ccc(C(C)C)c1CC(N)C(=O)O. The Morgan fingerprint density at radius 2 is 2.06 bits per heavy atom. The van der Waals surface area contributed by atoms with Gasteiger partial charge in [-0.15, -0.1) is 0 Å². The standard InChI is InChI=1S/C14H21NO3/c1-8(2)10-6-5-9(3)13(18-4)11(10)7-12(15)14(16)17/h5-6,8,12H,7,15H2,1-4H3,(H,16,17). The monoisotopic (exact) mass is 251 g/mol. The molecule has 0 radical (unpaired) electrons. The molecule has 0 saturated carbocycles. The van der Waals surface area contributed by atoms with Gasteiger partial charge < -0.3 is 15.6 Å². The van der Waals surface area contributed by atoms with Crippen molar-refractivity contribution < 1.29 is 14.6 Å². The van der Waals surface area contributed by atoms with Crippen LogP contribution in [0, 0.1) is 6.92 Å². The Morgan fingerprint density at radius 1 is 1.44 bits per heavy atom. The molecular formula is C14H21NO3. The van der Waals surface area contributed by atoms with Gasteiger partial charge in [0, 0.05) is 6.42 Å². The summed E-state index contributed by atoms with van der Waals surface area (Å²) in [6.07, 6.45) is 0.285. The Morgan fingerprint density at radius 3 is 2.50 bits per heavy atom. The Kier molecular flexibility index (Phi) is 4.73. The number of aryl methyl sites for hydroxylation is 1. The van der Waals surface area contributed by atoms with E-state index in [2.05, 4.69) is 13.8 Å². The van der Waals surface area contributed by atoms with Crippen LogP contribution in [0.25, 0.3) is 0 Å². The number of hydrogen-bond donors (Lipinski definition) is 2. The number of aliphatic carboxylic acids is 1. The molecule has 0 aliphatic heterocycles. The van der Waals surface area contributed by atoms with Crippen LogP contribution in [0.15, 0.2) is 12.1 Å². The first-order valence-electron chi connectivity index (χ1n) is 6.03. The normalized spacial score (nSPS) is 12.6. The number of nitrogens with two attached hydrogens (primary N) is 1. The molecule has 3 N–H and O–H groups in total. The average Bonchev–Trinajstić information content (AvgIpc) is 2.28. The van der Waals surface area contributed by atoms with E-state index < -0.39 is 12.0 Å². The van der Waals surface area contributed by atoms with Gasteiger partial charge in [-0.3, -0.25) is 4.79 Å². The van der Waals surface area contributed by atoms with Crippen molar-refractivity contribution in [1.29, 1.82) is 0 Å². The van der Waals surface area contributed by atoms with Crippen molar-refractivity contribution in [3.05, 3.63) is 28.8 Å². The molecule has 0 saturated heterocycles. The quantitative estimate of drug-likeness (QED) is 0.840. The van der Waals surface area contributed by atoms with Crippen LogP contribution in [0.4, 0.5) is 0 Å². The molecule has 0 aromatic heterocycles. The van der Waals surface area contributed by atoms with Crippen molar-refractivity contribution in [2.45, 2.75) is 39.2 Å². The van der Waals surface area contributed by atoms with Crippen molar-refractivity contribution >= 4 is 5.97 Å². The molecule has 1 atom stereocenters. The number of benzene rings is 1. The summed E-state index contributed by atoms with van der Waals surface area (Å²) in [7, 11) is 1.60. The van der Waals surface area contributed by atoms with E-state index in [1.807, 2.05) is 19.1 Å². The summed E-state index contributed by atoms with van der Waals surface area (Å²) in [5.41, 5.74) is 8.63. The molecule has 0 spiro atoms. The molecule has 1 unspecified atom stereocenters. The van der Waals surface area contributed by atoms with E-state index in [0.717, 1.165) is 22.4 Å². The molecule has 1 rings (SSSR count). The minimum Gasteiger partial charge on any atom is -0.496 e. The molecule has 0 heterocycles. The van der Waals surface area contributed by atoms with Gasteiger partial charge in [0.1, 0.15) is 11.8 Å². The van der Waals surface area contributed by atoms with E-state index in [9.17, 15) is 4.79 Å². The van der Waals surface area contributed by atoms with E-state index in [-0.39, 0.29) is 6.42 Å². The van der Waals surface area contributed by atoms with Gasteiger partial charge in [0.15, 0.2) is 0 Å². The first-order chi connectivity index (χ1) is 8.38. The molecule has 0 aliphatic rings. The summed E-state index contributed by atoms with van der Waals surface area (Å²) < 4.78 is 5.40. The number of ether oxygens (including phenoxy) is 1. The van der Waals surface area contributed by atoms with Gasteiger partial charge in [0.2, 0.25) is 0 Å². The van der Waals surface area contributed by atoms with Crippen LogP contribution in [0.5, 0.6) is 5.75 Å². The Labute approximate surface area is 108 Å². The summed E-state index contributed by atoms with van der Waals surface area (Å²) >= 11 is 0. The van der Waals surface area contributed by atoms with E-state index in [1.54, 1.807) is 7.11 Å². The molecule has 0 fully saturated rings. The van der Waals surface area contributed by atoms with Crippen LogP contribution in [-0.4, -0.2) is 24.2 Å². The van der Waals surface area contributed by atoms with Crippen LogP contribution < -0.4 is 10.5 Å². The Bertz CT molecular complexity index is 441. The molecular weight excluding hydrogens is 230 g/mol. The highest BCUT2D eigenvalue weighted by molar-refractivity contribution is 5.74. The van der Waals surface area contributed by atoms with Crippen molar-refractivity contribution in [1.82, 2.24) is 0 Å². The lowest BCUT2D eigenvalue weighted by molar-refractivity contribution is -0.138. The van der Waals surface area contributed by atoms with Crippen molar-refractivity contribution in [2.75, 3.05) is 7.11 Å². The molecule has 1 aromatic carbocycles. The van der Waals surface area contributed by atoms with Gasteiger partial charge in [-0.1, -0.05) is 26.0 Å². The minimum absolute atomic E-state index is 0.285. The Hall–Kier alpha value is -1.55. The topological polar surface area (TPSA) is 72.5 Å². The highest BCUT2D eigenvalue weighted by atomic mass is 16.5. The van der Waals surface area contributed by atoms with Crippen molar-refractivity contribution in [3.8, 4) is 5.75 Å². The third-order valence-corrected chi connectivity index (χ3v) is 3.06. The van der Waals surface area contributed by atoms with E-state index in [4.69, 9.17) is 15.6 Å². The lowest BCUT2D eigenvalue weighted by Gasteiger charge is -2.19. The largest absolute Gasteiger partial charge is 0.496 e. The number of hydrogen-bond acceptors (Lipinski definition) is 3. The average molecular weight is 251 g/mol. The fourth-order valence-electron chi connectivity index (χ4n) is 2.10. The molecule has 0 amide bonds. The molecule has 4 nitrogen and oxygen atoms in total. The molecule has 4 heteroatoms. The summed E-state index contributed by atoms with van der Waals surface area (Å²) in [6, 6.07) is 3.11. The predicted molar refractivity (Wildman–Crippen MR) is 71.1 cm³/mol. The third-order valence-electron chi connectivity index (χ3n) is 3.06. The van der Waals surface area contributed by atoms with E-state index in [0.29, 0.717) is 5.92 Å². The maximum atomic E-state index is 10.9. The highest BCUT2D eigenvalue weighted by Gasteiger charge is 2.20. The van der Waals surface area contributed by atoms with Crippen molar-refractivity contribution in [2.24, 2.45) is 5.73 Å². The zero-order valence-corrected chi connectivity index (χ0v) is 11.4. The molecule has 18 heavy (non-hydrogen) atoms. The smallest absolute Gasteiger partial charge is 0.320 e. The lowest BCUT2D eigenvalue weighted by Crippen LogP contribution is -2.32. The number of methoxy groups -OCH3 is 1. The minimum atomic E-state index is -0.992. The number of rotatable bonds is 5. The molecule has 1 aromatic rings. The van der Waals surface area contributed by atoms with Crippen LogP contribution in [0.3, 0.4) is 0 Å². The van der Waals surface area contributed by atoms with Crippen molar-refractivity contribution in [3.63, 3.8) is 0 Å². The summed E-state index contributed by atoms with van der Waals surface area (Å²) in [5, 5.41) is 8.94. The number of carboxylic acid groups (broad SMARTS) is 1. The Balaban J connectivity index is 3.27. The maximum absolute atomic E-state index is 10.9. The zero-order chi connectivity index (χ0) is 13.9. The second-order valence-corrected chi connectivity index (χ2v) is 4.79. The first kappa shape index (κ1) is 14.5. The van der Waals surface area contributed by atoms with Gasteiger partial charge in [-0.25, -0.2) is 0 Å². The van der Waals surface area contributed by atoms with E-state index >= 15 is 0 Å². The van der Waals surface area contributed by atoms with Gasteiger partial charge in [0.25, 0.3) is 0 Å². The second kappa shape index (κ2) is 5.87. The van der Waals surface area contributed by atoms with Gasteiger partial charge in [-0.2, -0.15) is 0 Å². The van der Waals surface area contributed by atoms with Crippen LogP contribution in [-0.2, 0) is 11.2 Å². The summed E-state index contributed by atoms with van der Waals surface area (Å²) in [5.74, 6) is 0.0571. The fourth-order valence-corrected chi connectivity index (χ4v) is 2.10. The van der Waals surface area contributed by atoms with Gasteiger partial charge in [-0.05, 0) is 29.5 Å². The zero-order valence-electron chi connectivity index (χ0n) is 11.4.